The van der Waals surface area contributed by atoms with Gasteiger partial charge in [0.15, 0.2) is 0 Å². The van der Waals surface area contributed by atoms with Crippen LogP contribution < -0.4 is 4.74 Å². The second kappa shape index (κ2) is 5.54. The maximum absolute atomic E-state index is 5.09. The third-order valence-electron chi connectivity index (χ3n) is 2.10. The maximum atomic E-state index is 5.09. The van der Waals surface area contributed by atoms with Crippen LogP contribution in [0.25, 0.3) is 0 Å². The van der Waals surface area contributed by atoms with Crippen LogP contribution in [0.1, 0.15) is 27.2 Å². The monoisotopic (exact) mass is 205 g/mol. The van der Waals surface area contributed by atoms with Gasteiger partial charge in [-0.15, -0.1) is 0 Å². The van der Waals surface area contributed by atoms with E-state index >= 15 is 0 Å². The molecule has 1 rings (SSSR count). The highest BCUT2D eigenvalue weighted by Crippen LogP contribution is 2.18. The number of benzene rings is 1. The lowest BCUT2D eigenvalue weighted by atomic mass is 10.1. The van der Waals surface area contributed by atoms with Gasteiger partial charge >= 0.3 is 0 Å². The molecule has 2 heteroatoms. The van der Waals surface area contributed by atoms with Crippen molar-refractivity contribution < 1.29 is 4.74 Å². The normalized spacial score (nSPS) is 11.9. The van der Waals surface area contributed by atoms with Crippen molar-refractivity contribution in [1.29, 1.82) is 0 Å². The van der Waals surface area contributed by atoms with E-state index in [1.165, 1.54) is 5.71 Å². The van der Waals surface area contributed by atoms with Crippen molar-refractivity contribution in [2.75, 3.05) is 7.11 Å². The van der Waals surface area contributed by atoms with Gasteiger partial charge in [0.05, 0.1) is 12.8 Å². The number of hydrogen-bond donors (Lipinski definition) is 0. The van der Waals surface area contributed by atoms with Crippen molar-refractivity contribution in [3.63, 3.8) is 0 Å². The summed E-state index contributed by atoms with van der Waals surface area (Å²) in [7, 11) is 1.67. The Morgan fingerprint density at radius 2 is 1.87 bits per heavy atom. The van der Waals surface area contributed by atoms with Gasteiger partial charge in [-0.3, -0.25) is 4.99 Å². The zero-order valence-electron chi connectivity index (χ0n) is 9.95. The number of rotatable bonds is 4. The molecule has 0 aliphatic carbocycles. The van der Waals surface area contributed by atoms with Gasteiger partial charge < -0.3 is 4.74 Å². The van der Waals surface area contributed by atoms with Crippen LogP contribution in [0, 0.1) is 5.92 Å². The van der Waals surface area contributed by atoms with Crippen LogP contribution in [0.4, 0.5) is 5.69 Å². The molecule has 0 aliphatic heterocycles. The molecule has 0 aliphatic rings. The zero-order chi connectivity index (χ0) is 11.3. The number of nitrogens with zero attached hydrogens (tertiary/aromatic N) is 1. The van der Waals surface area contributed by atoms with Crippen LogP contribution in [0.15, 0.2) is 29.3 Å². The smallest absolute Gasteiger partial charge is 0.119 e. The largest absolute Gasteiger partial charge is 0.497 e. The molecule has 1 aromatic carbocycles. The summed E-state index contributed by atoms with van der Waals surface area (Å²) in [5.41, 5.74) is 2.17. The van der Waals surface area contributed by atoms with Crippen LogP contribution in [0.5, 0.6) is 5.75 Å². The van der Waals surface area contributed by atoms with Crippen LogP contribution >= 0.6 is 0 Å². The summed E-state index contributed by atoms with van der Waals surface area (Å²) in [5.74, 6) is 1.53. The van der Waals surface area contributed by atoms with Crippen molar-refractivity contribution in [1.82, 2.24) is 0 Å². The van der Waals surface area contributed by atoms with Gasteiger partial charge in [-0.1, -0.05) is 13.8 Å². The average molecular weight is 205 g/mol. The molecule has 0 spiro atoms. The standard InChI is InChI=1S/C13H19NO/c1-10(2)9-11(3)14-12-5-7-13(15-4)8-6-12/h5-8,10H,9H2,1-4H3. The Morgan fingerprint density at radius 3 is 2.33 bits per heavy atom. The summed E-state index contributed by atoms with van der Waals surface area (Å²) in [4.78, 5) is 4.54. The first-order valence-corrected chi connectivity index (χ1v) is 5.30. The van der Waals surface area contributed by atoms with Gasteiger partial charge in [0.1, 0.15) is 5.75 Å². The van der Waals surface area contributed by atoms with Crippen molar-refractivity contribution in [2.45, 2.75) is 27.2 Å². The molecule has 0 heterocycles. The lowest BCUT2D eigenvalue weighted by Crippen LogP contribution is -1.97. The fourth-order valence-electron chi connectivity index (χ4n) is 1.51. The molecule has 0 saturated heterocycles. The highest BCUT2D eigenvalue weighted by Gasteiger charge is 1.98. The molecule has 0 radical (unpaired) electrons. The van der Waals surface area contributed by atoms with E-state index in [1.807, 2.05) is 24.3 Å². The van der Waals surface area contributed by atoms with E-state index in [9.17, 15) is 0 Å². The predicted molar refractivity (Wildman–Crippen MR) is 65.2 cm³/mol. The third kappa shape index (κ3) is 4.15. The first kappa shape index (κ1) is 11.8. The second-order valence-electron chi connectivity index (χ2n) is 4.14. The molecular formula is C13H19NO. The van der Waals surface area contributed by atoms with Gasteiger partial charge in [-0.25, -0.2) is 0 Å². The van der Waals surface area contributed by atoms with E-state index in [2.05, 4.69) is 25.8 Å². The molecular weight excluding hydrogens is 186 g/mol. The first-order chi connectivity index (χ1) is 7.11. The van der Waals surface area contributed by atoms with Crippen molar-refractivity contribution in [3.8, 4) is 5.75 Å². The molecule has 0 amide bonds. The predicted octanol–water partition coefficient (Wildman–Crippen LogP) is 3.83. The SMILES string of the molecule is COc1ccc(N=C(C)CC(C)C)cc1. The summed E-state index contributed by atoms with van der Waals surface area (Å²) >= 11 is 0. The zero-order valence-corrected chi connectivity index (χ0v) is 9.95. The summed E-state index contributed by atoms with van der Waals surface area (Å²) in [6.07, 6.45) is 1.05. The lowest BCUT2D eigenvalue weighted by molar-refractivity contribution is 0.415. The van der Waals surface area contributed by atoms with Gasteiger partial charge in [0, 0.05) is 5.71 Å². The van der Waals surface area contributed by atoms with E-state index in [0.29, 0.717) is 5.92 Å². The highest BCUT2D eigenvalue weighted by atomic mass is 16.5. The second-order valence-corrected chi connectivity index (χ2v) is 4.14. The Labute approximate surface area is 92.0 Å². The van der Waals surface area contributed by atoms with Crippen LogP contribution in [-0.4, -0.2) is 12.8 Å². The van der Waals surface area contributed by atoms with E-state index in [-0.39, 0.29) is 0 Å². The maximum Gasteiger partial charge on any atom is 0.119 e. The van der Waals surface area contributed by atoms with E-state index in [0.717, 1.165) is 17.9 Å². The Hall–Kier alpha value is -1.31. The third-order valence-corrected chi connectivity index (χ3v) is 2.10. The molecule has 0 aromatic heterocycles. The van der Waals surface area contributed by atoms with Gasteiger partial charge in [0.25, 0.3) is 0 Å². The van der Waals surface area contributed by atoms with Gasteiger partial charge in [-0.2, -0.15) is 0 Å². The minimum atomic E-state index is 0.659. The molecule has 1 aromatic rings. The highest BCUT2D eigenvalue weighted by molar-refractivity contribution is 5.84. The van der Waals surface area contributed by atoms with Crippen molar-refractivity contribution >= 4 is 11.4 Å². The average Bonchev–Trinajstić information content (AvgIpc) is 2.17. The van der Waals surface area contributed by atoms with Gasteiger partial charge in [0.2, 0.25) is 0 Å². The fourth-order valence-corrected chi connectivity index (χ4v) is 1.51. The fraction of sp³-hybridized carbons (Fsp3) is 0.462. The Morgan fingerprint density at radius 1 is 1.27 bits per heavy atom. The molecule has 0 saturated carbocycles. The molecule has 0 fully saturated rings. The number of ether oxygens (including phenoxy) is 1. The summed E-state index contributed by atoms with van der Waals surface area (Å²) in [6, 6.07) is 7.81. The molecule has 15 heavy (non-hydrogen) atoms. The van der Waals surface area contributed by atoms with Crippen molar-refractivity contribution in [2.24, 2.45) is 10.9 Å². The lowest BCUT2D eigenvalue weighted by Gasteiger charge is -2.04. The molecule has 2 nitrogen and oxygen atoms in total. The Bertz CT molecular complexity index is 325. The van der Waals surface area contributed by atoms with E-state index in [1.54, 1.807) is 7.11 Å². The first-order valence-electron chi connectivity index (χ1n) is 5.30. The number of hydrogen-bond acceptors (Lipinski definition) is 2. The summed E-state index contributed by atoms with van der Waals surface area (Å²) in [6.45, 7) is 6.48. The molecule has 0 N–H and O–H groups in total. The van der Waals surface area contributed by atoms with Crippen molar-refractivity contribution in [3.05, 3.63) is 24.3 Å². The topological polar surface area (TPSA) is 21.6 Å². The van der Waals surface area contributed by atoms with Gasteiger partial charge in [-0.05, 0) is 43.5 Å². The number of aliphatic imine (C=N–C) groups is 1. The summed E-state index contributed by atoms with van der Waals surface area (Å²) < 4.78 is 5.09. The van der Waals surface area contributed by atoms with Crippen LogP contribution in [0.3, 0.4) is 0 Å². The number of methoxy groups -OCH3 is 1. The molecule has 82 valence electrons. The molecule has 0 bridgehead atoms. The minimum absolute atomic E-state index is 0.659. The van der Waals surface area contributed by atoms with E-state index in [4.69, 9.17) is 4.74 Å². The Balaban J connectivity index is 2.71. The quantitative estimate of drug-likeness (QED) is 0.684. The molecule has 0 unspecified atom stereocenters. The molecule has 0 atom stereocenters. The minimum Gasteiger partial charge on any atom is -0.497 e. The van der Waals surface area contributed by atoms with Crippen LogP contribution in [0.2, 0.25) is 0 Å². The Kier molecular flexibility index (Phi) is 4.35. The van der Waals surface area contributed by atoms with Crippen LogP contribution in [-0.2, 0) is 0 Å². The summed E-state index contributed by atoms with van der Waals surface area (Å²) in [5, 5.41) is 0. The van der Waals surface area contributed by atoms with E-state index < -0.39 is 0 Å².